The molecule has 1 aromatic rings. The summed E-state index contributed by atoms with van der Waals surface area (Å²) in [5.74, 6) is 0. The summed E-state index contributed by atoms with van der Waals surface area (Å²) in [5, 5.41) is 3.66. The molecular formula is C10H15N3. The van der Waals surface area contributed by atoms with Gasteiger partial charge >= 0.3 is 0 Å². The monoisotopic (exact) mass is 177 g/mol. The Morgan fingerprint density at radius 3 is 3.15 bits per heavy atom. The summed E-state index contributed by atoms with van der Waals surface area (Å²) in [6.07, 6.45) is 11.0. The molecule has 0 aromatic carbocycles. The second kappa shape index (κ2) is 2.84. The Morgan fingerprint density at radius 1 is 1.38 bits per heavy atom. The van der Waals surface area contributed by atoms with E-state index in [4.69, 9.17) is 0 Å². The van der Waals surface area contributed by atoms with Crippen LogP contribution in [0.1, 0.15) is 37.5 Å². The number of nitrogens with zero attached hydrogens (tertiary/aromatic N) is 2. The molecular weight excluding hydrogens is 162 g/mol. The second-order valence-corrected chi connectivity index (χ2v) is 4.14. The van der Waals surface area contributed by atoms with Gasteiger partial charge in [-0.3, -0.25) is 5.32 Å². The molecule has 70 valence electrons. The van der Waals surface area contributed by atoms with Crippen molar-refractivity contribution in [3.63, 3.8) is 0 Å². The molecule has 1 aliphatic carbocycles. The first kappa shape index (κ1) is 7.56. The van der Waals surface area contributed by atoms with Crippen molar-refractivity contribution in [1.29, 1.82) is 0 Å². The normalized spacial score (nSPS) is 27.2. The van der Waals surface area contributed by atoms with Crippen LogP contribution in [0.25, 0.3) is 0 Å². The lowest BCUT2D eigenvalue weighted by Crippen LogP contribution is -2.31. The number of fused-ring (bicyclic) bond motifs is 1. The minimum absolute atomic E-state index is 0.527. The van der Waals surface area contributed by atoms with Crippen molar-refractivity contribution in [3.8, 4) is 0 Å². The van der Waals surface area contributed by atoms with E-state index in [-0.39, 0.29) is 0 Å². The Labute approximate surface area is 78.2 Å². The van der Waals surface area contributed by atoms with Gasteiger partial charge < -0.3 is 4.57 Å². The highest BCUT2D eigenvalue weighted by Crippen LogP contribution is 2.27. The first-order valence-corrected chi connectivity index (χ1v) is 5.20. The highest BCUT2D eigenvalue weighted by atomic mass is 15.2. The maximum absolute atomic E-state index is 4.20. The van der Waals surface area contributed by atoms with E-state index in [0.717, 1.165) is 6.04 Å². The molecule has 1 unspecified atom stereocenters. The van der Waals surface area contributed by atoms with E-state index >= 15 is 0 Å². The molecule has 0 bridgehead atoms. The fraction of sp³-hybridized carbons (Fsp3) is 0.700. The maximum Gasteiger partial charge on any atom is 0.0961 e. The molecule has 1 saturated carbocycles. The maximum atomic E-state index is 4.20. The molecule has 3 heteroatoms. The number of imidazole rings is 1. The molecule has 0 saturated heterocycles. The molecule has 0 radical (unpaired) electrons. The van der Waals surface area contributed by atoms with Gasteiger partial charge in [0, 0.05) is 17.9 Å². The van der Waals surface area contributed by atoms with Gasteiger partial charge in [-0.15, -0.1) is 0 Å². The molecule has 1 N–H and O–H groups in total. The lowest BCUT2D eigenvalue weighted by molar-refractivity contribution is 0.331. The molecule has 1 atom stereocenters. The Morgan fingerprint density at radius 2 is 2.31 bits per heavy atom. The van der Waals surface area contributed by atoms with E-state index in [1.54, 1.807) is 0 Å². The van der Waals surface area contributed by atoms with Gasteiger partial charge in [0.25, 0.3) is 0 Å². The highest BCUT2D eigenvalue weighted by Gasteiger charge is 2.27. The average Bonchev–Trinajstić information content (AvgIpc) is 2.83. The summed E-state index contributed by atoms with van der Waals surface area (Å²) in [5.41, 5.74) is 1.39. The minimum atomic E-state index is 0.527. The molecule has 3 nitrogen and oxygen atoms in total. The minimum Gasteiger partial charge on any atom is -0.319 e. The van der Waals surface area contributed by atoms with Gasteiger partial charge in [-0.25, -0.2) is 4.98 Å². The standard InChI is InChI=1S/C10H15N3/c1-2-9-6-11-7-13(9)10(3-1)12-8-4-5-8/h6-8,10,12H,1-5H2. The van der Waals surface area contributed by atoms with E-state index in [0.29, 0.717) is 6.17 Å². The van der Waals surface area contributed by atoms with Crippen molar-refractivity contribution < 1.29 is 0 Å². The predicted molar refractivity (Wildman–Crippen MR) is 50.4 cm³/mol. The zero-order valence-electron chi connectivity index (χ0n) is 7.74. The van der Waals surface area contributed by atoms with Crippen LogP contribution in [0.4, 0.5) is 0 Å². The van der Waals surface area contributed by atoms with Crippen LogP contribution in [-0.4, -0.2) is 15.6 Å². The third-order valence-electron chi connectivity index (χ3n) is 3.00. The van der Waals surface area contributed by atoms with Crippen LogP contribution in [0.15, 0.2) is 12.5 Å². The average molecular weight is 177 g/mol. The molecule has 13 heavy (non-hydrogen) atoms. The quantitative estimate of drug-likeness (QED) is 0.741. The highest BCUT2D eigenvalue weighted by molar-refractivity contribution is 5.04. The summed E-state index contributed by atoms with van der Waals surface area (Å²) in [6, 6.07) is 0.790. The largest absolute Gasteiger partial charge is 0.319 e. The fourth-order valence-corrected chi connectivity index (χ4v) is 2.11. The van der Waals surface area contributed by atoms with Gasteiger partial charge in [0.2, 0.25) is 0 Å². The van der Waals surface area contributed by atoms with E-state index in [1.807, 2.05) is 12.5 Å². The van der Waals surface area contributed by atoms with Gasteiger partial charge in [0.15, 0.2) is 0 Å². The summed E-state index contributed by atoms with van der Waals surface area (Å²) < 4.78 is 2.31. The molecule has 1 aromatic heterocycles. The summed E-state index contributed by atoms with van der Waals surface area (Å²) in [7, 11) is 0. The molecule has 2 heterocycles. The molecule has 2 aliphatic rings. The number of hydrogen-bond donors (Lipinski definition) is 1. The molecule has 1 aliphatic heterocycles. The van der Waals surface area contributed by atoms with Crippen LogP contribution >= 0.6 is 0 Å². The van der Waals surface area contributed by atoms with Crippen LogP contribution in [0.2, 0.25) is 0 Å². The van der Waals surface area contributed by atoms with Gasteiger partial charge in [-0.05, 0) is 32.1 Å². The summed E-state index contributed by atoms with van der Waals surface area (Å²) in [6.45, 7) is 0. The topological polar surface area (TPSA) is 29.9 Å². The lowest BCUT2D eigenvalue weighted by atomic mass is 10.1. The van der Waals surface area contributed by atoms with Crippen LogP contribution in [0, 0.1) is 0 Å². The first-order chi connectivity index (χ1) is 6.43. The van der Waals surface area contributed by atoms with Crippen LogP contribution in [0.5, 0.6) is 0 Å². The SMILES string of the molecule is c1ncn2c1CCCC2NC1CC1. The molecule has 0 spiro atoms. The van der Waals surface area contributed by atoms with E-state index in [2.05, 4.69) is 14.9 Å². The third kappa shape index (κ3) is 1.37. The van der Waals surface area contributed by atoms with E-state index in [9.17, 15) is 0 Å². The van der Waals surface area contributed by atoms with Crippen molar-refractivity contribution >= 4 is 0 Å². The number of nitrogens with one attached hydrogen (secondary N) is 1. The second-order valence-electron chi connectivity index (χ2n) is 4.14. The zero-order chi connectivity index (χ0) is 8.67. The van der Waals surface area contributed by atoms with Crippen molar-refractivity contribution in [2.45, 2.75) is 44.3 Å². The van der Waals surface area contributed by atoms with E-state index in [1.165, 1.54) is 37.8 Å². The molecule has 0 amide bonds. The van der Waals surface area contributed by atoms with E-state index < -0.39 is 0 Å². The van der Waals surface area contributed by atoms with Gasteiger partial charge in [-0.1, -0.05) is 0 Å². The number of rotatable bonds is 2. The van der Waals surface area contributed by atoms with Gasteiger partial charge in [-0.2, -0.15) is 0 Å². The molecule has 1 fully saturated rings. The lowest BCUT2D eigenvalue weighted by Gasteiger charge is -2.26. The van der Waals surface area contributed by atoms with Crippen molar-refractivity contribution in [3.05, 3.63) is 18.2 Å². The molecule has 3 rings (SSSR count). The van der Waals surface area contributed by atoms with Gasteiger partial charge in [0.05, 0.1) is 12.5 Å². The summed E-state index contributed by atoms with van der Waals surface area (Å²) >= 11 is 0. The number of hydrogen-bond acceptors (Lipinski definition) is 2. The van der Waals surface area contributed by atoms with Crippen molar-refractivity contribution in [2.24, 2.45) is 0 Å². The van der Waals surface area contributed by atoms with Crippen LogP contribution < -0.4 is 5.32 Å². The Kier molecular flexibility index (Phi) is 1.65. The number of aromatic nitrogens is 2. The Balaban J connectivity index is 1.81. The first-order valence-electron chi connectivity index (χ1n) is 5.20. The third-order valence-corrected chi connectivity index (χ3v) is 3.00. The summed E-state index contributed by atoms with van der Waals surface area (Å²) in [4.78, 5) is 4.20. The zero-order valence-corrected chi connectivity index (χ0v) is 7.74. The smallest absolute Gasteiger partial charge is 0.0961 e. The van der Waals surface area contributed by atoms with Crippen molar-refractivity contribution in [2.75, 3.05) is 0 Å². The Bertz CT molecular complexity index is 301. The predicted octanol–water partition coefficient (Wildman–Crippen LogP) is 1.47. The van der Waals surface area contributed by atoms with Gasteiger partial charge in [0.1, 0.15) is 0 Å². The van der Waals surface area contributed by atoms with Crippen molar-refractivity contribution in [1.82, 2.24) is 14.9 Å². The fourth-order valence-electron chi connectivity index (χ4n) is 2.11. The Hall–Kier alpha value is -0.830. The van der Waals surface area contributed by atoms with Crippen LogP contribution in [-0.2, 0) is 6.42 Å². The van der Waals surface area contributed by atoms with Crippen LogP contribution in [0.3, 0.4) is 0 Å². The number of aryl methyl sites for hydroxylation is 1.